The molecule has 0 saturated heterocycles. The van der Waals surface area contributed by atoms with E-state index in [0.29, 0.717) is 22.1 Å². The summed E-state index contributed by atoms with van der Waals surface area (Å²) in [7, 11) is 0. The van der Waals surface area contributed by atoms with Gasteiger partial charge >= 0.3 is 0 Å². The highest BCUT2D eigenvalue weighted by atomic mass is 35.5. The number of hydrogen-bond donors (Lipinski definition) is 0. The topological polar surface area (TPSA) is 47.3 Å². The van der Waals surface area contributed by atoms with Crippen molar-refractivity contribution in [1.82, 2.24) is 14.6 Å². The molecule has 88 valence electrons. The number of hydrogen-bond acceptors (Lipinski definition) is 3. The van der Waals surface area contributed by atoms with Crippen molar-refractivity contribution in [2.45, 2.75) is 0 Å². The zero-order chi connectivity index (χ0) is 12.5. The molecule has 3 aromatic rings. The van der Waals surface area contributed by atoms with Crippen LogP contribution in [0.1, 0.15) is 10.4 Å². The van der Waals surface area contributed by atoms with Crippen molar-refractivity contribution in [3.05, 3.63) is 53.2 Å². The minimum Gasteiger partial charge on any atom is -0.298 e. The lowest BCUT2D eigenvalue weighted by Gasteiger charge is -1.96. The van der Waals surface area contributed by atoms with E-state index in [1.807, 2.05) is 18.2 Å². The van der Waals surface area contributed by atoms with Crippen LogP contribution in [0.5, 0.6) is 0 Å². The average molecular weight is 258 g/mol. The first-order valence-electron chi connectivity index (χ1n) is 5.34. The fraction of sp³-hybridized carbons (Fsp3) is 0. The summed E-state index contributed by atoms with van der Waals surface area (Å²) in [5.41, 5.74) is 1.96. The van der Waals surface area contributed by atoms with Crippen LogP contribution < -0.4 is 0 Å². The van der Waals surface area contributed by atoms with Crippen LogP contribution in [0, 0.1) is 0 Å². The largest absolute Gasteiger partial charge is 0.298 e. The van der Waals surface area contributed by atoms with Crippen molar-refractivity contribution in [2.75, 3.05) is 0 Å². The Labute approximate surface area is 108 Å². The van der Waals surface area contributed by atoms with E-state index >= 15 is 0 Å². The van der Waals surface area contributed by atoms with Gasteiger partial charge in [0.15, 0.2) is 11.5 Å². The number of aromatic nitrogens is 3. The molecule has 0 aliphatic heterocycles. The van der Waals surface area contributed by atoms with Crippen LogP contribution in [0.3, 0.4) is 0 Å². The Morgan fingerprint density at radius 2 is 2.06 bits per heavy atom. The summed E-state index contributed by atoms with van der Waals surface area (Å²) in [5.74, 6) is 0.545. The molecule has 0 fully saturated rings. The van der Waals surface area contributed by atoms with Gasteiger partial charge in [-0.1, -0.05) is 23.7 Å². The fourth-order valence-corrected chi connectivity index (χ4v) is 1.95. The fourth-order valence-electron chi connectivity index (χ4n) is 1.73. The second kappa shape index (κ2) is 4.23. The first-order valence-corrected chi connectivity index (χ1v) is 5.72. The Kier molecular flexibility index (Phi) is 2.57. The van der Waals surface area contributed by atoms with Crippen molar-refractivity contribution in [1.29, 1.82) is 0 Å². The van der Waals surface area contributed by atoms with E-state index in [9.17, 15) is 4.79 Å². The van der Waals surface area contributed by atoms with E-state index in [4.69, 9.17) is 11.6 Å². The Morgan fingerprint density at radius 1 is 1.22 bits per heavy atom. The van der Waals surface area contributed by atoms with Gasteiger partial charge in [0.05, 0.1) is 5.02 Å². The summed E-state index contributed by atoms with van der Waals surface area (Å²) >= 11 is 6.10. The van der Waals surface area contributed by atoms with E-state index in [1.165, 1.54) is 0 Å². The second-order valence-electron chi connectivity index (χ2n) is 3.80. The van der Waals surface area contributed by atoms with E-state index in [-0.39, 0.29) is 0 Å². The lowest BCUT2D eigenvalue weighted by Crippen LogP contribution is -1.88. The molecule has 2 aromatic heterocycles. The Bertz CT molecular complexity index is 736. The van der Waals surface area contributed by atoms with Gasteiger partial charge in [-0.3, -0.25) is 4.79 Å². The first-order chi connectivity index (χ1) is 8.78. The van der Waals surface area contributed by atoms with Crippen LogP contribution in [0.25, 0.3) is 17.0 Å². The number of carbonyl (C=O) groups excluding carboxylic acids is 1. The van der Waals surface area contributed by atoms with Gasteiger partial charge in [0.25, 0.3) is 0 Å². The number of rotatable bonds is 2. The molecule has 0 aliphatic carbocycles. The Morgan fingerprint density at radius 3 is 2.83 bits per heavy atom. The minimum absolute atomic E-state index is 0.545. The van der Waals surface area contributed by atoms with Gasteiger partial charge in [0, 0.05) is 17.3 Å². The lowest BCUT2D eigenvalue weighted by molar-refractivity contribution is 0.112. The maximum absolute atomic E-state index is 10.7. The highest BCUT2D eigenvalue weighted by Crippen LogP contribution is 2.25. The van der Waals surface area contributed by atoms with Gasteiger partial charge in [0.1, 0.15) is 6.29 Å². The van der Waals surface area contributed by atoms with Gasteiger partial charge in [-0.2, -0.15) is 0 Å². The van der Waals surface area contributed by atoms with E-state index in [1.54, 1.807) is 28.9 Å². The van der Waals surface area contributed by atoms with Crippen LogP contribution in [-0.2, 0) is 0 Å². The minimum atomic E-state index is 0.545. The molecule has 0 radical (unpaired) electrons. The second-order valence-corrected chi connectivity index (χ2v) is 4.20. The molecule has 0 amide bonds. The molecule has 0 bridgehead atoms. The molecule has 0 aliphatic rings. The number of pyridine rings is 1. The third-order valence-electron chi connectivity index (χ3n) is 2.61. The standard InChI is InChI=1S/C13H8ClN3O/c14-11-4-2-1-3-10(11)13-15-12-7-9(8-18)5-6-17(12)16-13/h1-8H. The van der Waals surface area contributed by atoms with Gasteiger partial charge in [-0.25, -0.2) is 9.50 Å². The van der Waals surface area contributed by atoms with Crippen molar-refractivity contribution < 1.29 is 4.79 Å². The molecule has 3 rings (SSSR count). The molecule has 2 heterocycles. The Balaban J connectivity index is 2.19. The molecule has 5 heteroatoms. The summed E-state index contributed by atoms with van der Waals surface area (Å²) in [5, 5.41) is 4.93. The van der Waals surface area contributed by atoms with Gasteiger partial charge < -0.3 is 0 Å². The van der Waals surface area contributed by atoms with Crippen LogP contribution in [0.4, 0.5) is 0 Å². The van der Waals surface area contributed by atoms with Gasteiger partial charge in [-0.05, 0) is 24.3 Å². The SMILES string of the molecule is O=Cc1ccn2nc(-c3ccccc3Cl)nc2c1. The van der Waals surface area contributed by atoms with Crippen LogP contribution in [-0.4, -0.2) is 20.9 Å². The highest BCUT2D eigenvalue weighted by molar-refractivity contribution is 6.33. The van der Waals surface area contributed by atoms with Crippen molar-refractivity contribution >= 4 is 23.5 Å². The lowest BCUT2D eigenvalue weighted by atomic mass is 10.2. The molecule has 0 saturated carbocycles. The number of nitrogens with zero attached hydrogens (tertiary/aromatic N) is 3. The number of carbonyl (C=O) groups is 1. The molecule has 0 atom stereocenters. The van der Waals surface area contributed by atoms with Gasteiger partial charge in [0.2, 0.25) is 0 Å². The predicted octanol–water partition coefficient (Wildman–Crippen LogP) is 2.86. The molecular weight excluding hydrogens is 250 g/mol. The van der Waals surface area contributed by atoms with E-state index < -0.39 is 0 Å². The predicted molar refractivity (Wildman–Crippen MR) is 68.8 cm³/mol. The van der Waals surface area contributed by atoms with Crippen molar-refractivity contribution in [3.63, 3.8) is 0 Å². The highest BCUT2D eigenvalue weighted by Gasteiger charge is 2.09. The summed E-state index contributed by atoms with van der Waals surface area (Å²) in [4.78, 5) is 15.1. The molecular formula is C13H8ClN3O. The summed E-state index contributed by atoms with van der Waals surface area (Å²) in [6.07, 6.45) is 2.48. The van der Waals surface area contributed by atoms with Crippen molar-refractivity contribution in [3.8, 4) is 11.4 Å². The summed E-state index contributed by atoms with van der Waals surface area (Å²) < 4.78 is 1.62. The molecule has 0 unspecified atom stereocenters. The van der Waals surface area contributed by atoms with E-state index in [0.717, 1.165) is 11.8 Å². The third kappa shape index (κ3) is 1.76. The van der Waals surface area contributed by atoms with Gasteiger partial charge in [-0.15, -0.1) is 5.10 Å². The molecule has 18 heavy (non-hydrogen) atoms. The van der Waals surface area contributed by atoms with E-state index in [2.05, 4.69) is 10.1 Å². The summed E-state index contributed by atoms with van der Waals surface area (Å²) in [6.45, 7) is 0. The molecule has 1 aromatic carbocycles. The van der Waals surface area contributed by atoms with Crippen LogP contribution in [0.15, 0.2) is 42.6 Å². The maximum Gasteiger partial charge on any atom is 0.183 e. The number of halogens is 1. The zero-order valence-corrected chi connectivity index (χ0v) is 10.0. The monoisotopic (exact) mass is 257 g/mol. The van der Waals surface area contributed by atoms with Crippen LogP contribution >= 0.6 is 11.6 Å². The third-order valence-corrected chi connectivity index (χ3v) is 2.94. The maximum atomic E-state index is 10.7. The van der Waals surface area contributed by atoms with Crippen molar-refractivity contribution in [2.24, 2.45) is 0 Å². The number of aldehydes is 1. The molecule has 0 N–H and O–H groups in total. The molecule has 4 nitrogen and oxygen atoms in total. The normalized spacial score (nSPS) is 10.7. The number of fused-ring (bicyclic) bond motifs is 1. The zero-order valence-electron chi connectivity index (χ0n) is 9.25. The number of benzene rings is 1. The molecule has 0 spiro atoms. The quantitative estimate of drug-likeness (QED) is 0.663. The average Bonchev–Trinajstić information content (AvgIpc) is 2.81. The summed E-state index contributed by atoms with van der Waals surface area (Å²) in [6, 6.07) is 10.7. The van der Waals surface area contributed by atoms with Crippen LogP contribution in [0.2, 0.25) is 5.02 Å². The smallest absolute Gasteiger partial charge is 0.183 e. The first kappa shape index (κ1) is 10.9. The Hall–Kier alpha value is -2.20.